The predicted molar refractivity (Wildman–Crippen MR) is 88.5 cm³/mol. The molecule has 0 spiro atoms. The van der Waals surface area contributed by atoms with Crippen LogP contribution in [0.4, 0.5) is 11.5 Å². The van der Waals surface area contributed by atoms with E-state index in [-0.39, 0.29) is 17.7 Å². The zero-order valence-corrected chi connectivity index (χ0v) is 13.5. The number of amides is 2. The van der Waals surface area contributed by atoms with Crippen LogP contribution in [-0.2, 0) is 9.59 Å². The molecule has 1 aromatic heterocycles. The number of anilines is 2. The Bertz CT molecular complexity index is 579. The molecule has 6 nitrogen and oxygen atoms in total. The van der Waals surface area contributed by atoms with Crippen molar-refractivity contribution in [1.29, 1.82) is 0 Å². The van der Waals surface area contributed by atoms with E-state index in [1.165, 1.54) is 19.0 Å². The molecule has 3 N–H and O–H groups in total. The van der Waals surface area contributed by atoms with Crippen molar-refractivity contribution in [3.8, 4) is 0 Å². The summed E-state index contributed by atoms with van der Waals surface area (Å²) in [6.07, 6.45) is 6.29. The molecule has 1 aromatic rings. The van der Waals surface area contributed by atoms with Crippen molar-refractivity contribution >= 4 is 23.3 Å². The Balaban J connectivity index is 1.58. The van der Waals surface area contributed by atoms with Crippen molar-refractivity contribution < 1.29 is 9.59 Å². The molecule has 23 heavy (non-hydrogen) atoms. The zero-order chi connectivity index (χ0) is 16.4. The van der Waals surface area contributed by atoms with Crippen LogP contribution in [0.15, 0.2) is 18.3 Å². The third kappa shape index (κ3) is 3.63. The monoisotopic (exact) mass is 316 g/mol. The first-order valence-electron chi connectivity index (χ1n) is 8.35. The number of nitrogen functional groups attached to an aromatic ring is 1. The second kappa shape index (κ2) is 6.56. The van der Waals surface area contributed by atoms with E-state index >= 15 is 0 Å². The maximum Gasteiger partial charge on any atom is 0.229 e. The lowest BCUT2D eigenvalue weighted by Gasteiger charge is -2.33. The van der Waals surface area contributed by atoms with Crippen molar-refractivity contribution in [3.63, 3.8) is 0 Å². The largest absolute Gasteiger partial charge is 0.384 e. The van der Waals surface area contributed by atoms with Gasteiger partial charge in [-0.05, 0) is 43.7 Å². The van der Waals surface area contributed by atoms with Crippen molar-refractivity contribution in [3.05, 3.63) is 18.3 Å². The van der Waals surface area contributed by atoms with Crippen LogP contribution >= 0.6 is 0 Å². The SMILES string of the molecule is CC1CCC(N2CC(C(=O)Nc3ccc(N)nc3)CC2=O)CC1. The smallest absolute Gasteiger partial charge is 0.229 e. The van der Waals surface area contributed by atoms with Gasteiger partial charge in [0.05, 0.1) is 17.8 Å². The van der Waals surface area contributed by atoms with Crippen LogP contribution < -0.4 is 11.1 Å². The molecule has 6 heteroatoms. The number of nitrogens with zero attached hydrogens (tertiary/aromatic N) is 2. The van der Waals surface area contributed by atoms with E-state index < -0.39 is 0 Å². The minimum Gasteiger partial charge on any atom is -0.384 e. The molecule has 3 rings (SSSR count). The van der Waals surface area contributed by atoms with Gasteiger partial charge >= 0.3 is 0 Å². The Kier molecular flexibility index (Phi) is 4.50. The summed E-state index contributed by atoms with van der Waals surface area (Å²) in [5.74, 6) is 0.883. The highest BCUT2D eigenvalue weighted by Gasteiger charge is 2.38. The summed E-state index contributed by atoms with van der Waals surface area (Å²) in [6.45, 7) is 2.80. The molecule has 1 aliphatic carbocycles. The van der Waals surface area contributed by atoms with Crippen LogP contribution in [-0.4, -0.2) is 34.3 Å². The fraction of sp³-hybridized carbons (Fsp3) is 0.588. The first kappa shape index (κ1) is 15.8. The van der Waals surface area contributed by atoms with Gasteiger partial charge in [0, 0.05) is 19.0 Å². The van der Waals surface area contributed by atoms with Gasteiger partial charge in [-0.15, -0.1) is 0 Å². The number of carbonyl (C=O) groups excluding carboxylic acids is 2. The van der Waals surface area contributed by atoms with Crippen LogP contribution in [0.5, 0.6) is 0 Å². The van der Waals surface area contributed by atoms with Crippen molar-refractivity contribution in [2.45, 2.75) is 45.1 Å². The quantitative estimate of drug-likeness (QED) is 0.893. The second-order valence-electron chi connectivity index (χ2n) is 6.82. The van der Waals surface area contributed by atoms with Gasteiger partial charge in [-0.3, -0.25) is 9.59 Å². The third-order valence-corrected chi connectivity index (χ3v) is 5.01. The third-order valence-electron chi connectivity index (χ3n) is 5.01. The molecule has 0 radical (unpaired) electrons. The minimum atomic E-state index is -0.278. The summed E-state index contributed by atoms with van der Waals surface area (Å²) >= 11 is 0. The van der Waals surface area contributed by atoms with Gasteiger partial charge in [0.1, 0.15) is 5.82 Å². The maximum atomic E-state index is 12.4. The molecule has 2 heterocycles. The van der Waals surface area contributed by atoms with E-state index in [0.29, 0.717) is 30.5 Å². The molecule has 0 bridgehead atoms. The van der Waals surface area contributed by atoms with E-state index in [9.17, 15) is 9.59 Å². The van der Waals surface area contributed by atoms with E-state index in [0.717, 1.165) is 18.8 Å². The number of likely N-dealkylation sites (tertiary alicyclic amines) is 1. The number of hydrogen-bond donors (Lipinski definition) is 2. The van der Waals surface area contributed by atoms with Crippen LogP contribution in [0.2, 0.25) is 0 Å². The molecule has 1 atom stereocenters. The van der Waals surface area contributed by atoms with Gasteiger partial charge in [-0.2, -0.15) is 0 Å². The summed E-state index contributed by atoms with van der Waals surface area (Å²) < 4.78 is 0. The lowest BCUT2D eigenvalue weighted by Crippen LogP contribution is -2.39. The number of aromatic nitrogens is 1. The topological polar surface area (TPSA) is 88.3 Å². The highest BCUT2D eigenvalue weighted by Crippen LogP contribution is 2.31. The lowest BCUT2D eigenvalue weighted by molar-refractivity contribution is -0.130. The molecule has 1 aliphatic heterocycles. The number of nitrogens with one attached hydrogen (secondary N) is 1. The summed E-state index contributed by atoms with van der Waals surface area (Å²) in [7, 11) is 0. The average Bonchev–Trinajstić information content (AvgIpc) is 2.92. The Morgan fingerprint density at radius 2 is 2.04 bits per heavy atom. The Hall–Kier alpha value is -2.11. The first-order chi connectivity index (χ1) is 11.0. The van der Waals surface area contributed by atoms with Crippen LogP contribution in [0.25, 0.3) is 0 Å². The van der Waals surface area contributed by atoms with Crippen LogP contribution in [0.3, 0.4) is 0 Å². The maximum absolute atomic E-state index is 12.4. The summed E-state index contributed by atoms with van der Waals surface area (Å²) in [5, 5.41) is 2.83. The summed E-state index contributed by atoms with van der Waals surface area (Å²) in [4.78, 5) is 30.5. The fourth-order valence-electron chi connectivity index (χ4n) is 3.54. The van der Waals surface area contributed by atoms with Gasteiger partial charge in [-0.25, -0.2) is 4.98 Å². The summed E-state index contributed by atoms with van der Waals surface area (Å²) in [6, 6.07) is 3.68. The minimum absolute atomic E-state index is 0.111. The molecule has 2 fully saturated rings. The van der Waals surface area contributed by atoms with E-state index in [1.807, 2.05) is 4.90 Å². The van der Waals surface area contributed by atoms with E-state index in [1.54, 1.807) is 12.1 Å². The number of carbonyl (C=O) groups is 2. The molecule has 1 unspecified atom stereocenters. The molecule has 124 valence electrons. The van der Waals surface area contributed by atoms with Crippen molar-refractivity contribution in [2.24, 2.45) is 11.8 Å². The summed E-state index contributed by atoms with van der Waals surface area (Å²) in [5.41, 5.74) is 6.15. The van der Waals surface area contributed by atoms with Crippen LogP contribution in [0, 0.1) is 11.8 Å². The van der Waals surface area contributed by atoms with Gasteiger partial charge in [0.15, 0.2) is 0 Å². The van der Waals surface area contributed by atoms with Gasteiger partial charge in [-0.1, -0.05) is 6.92 Å². The van der Waals surface area contributed by atoms with Gasteiger partial charge < -0.3 is 16.0 Å². The number of pyridine rings is 1. The van der Waals surface area contributed by atoms with Crippen molar-refractivity contribution in [1.82, 2.24) is 9.88 Å². The molecule has 1 saturated carbocycles. The average molecular weight is 316 g/mol. The molecular formula is C17H24N4O2. The first-order valence-corrected chi connectivity index (χ1v) is 8.35. The molecule has 2 aliphatic rings. The number of hydrogen-bond acceptors (Lipinski definition) is 4. The van der Waals surface area contributed by atoms with Crippen LogP contribution in [0.1, 0.15) is 39.0 Å². The normalized spacial score (nSPS) is 28.0. The molecule has 0 aromatic carbocycles. The molecule has 2 amide bonds. The van der Waals surface area contributed by atoms with Gasteiger partial charge in [0.2, 0.25) is 11.8 Å². The van der Waals surface area contributed by atoms with Crippen molar-refractivity contribution in [2.75, 3.05) is 17.6 Å². The number of nitrogens with two attached hydrogens (primary N) is 1. The standard InChI is InChI=1S/C17H24N4O2/c1-11-2-5-14(6-3-11)21-10-12(8-16(21)22)17(23)20-13-4-7-15(18)19-9-13/h4,7,9,11-12,14H,2-3,5-6,8,10H2,1H3,(H2,18,19)(H,20,23). The predicted octanol–water partition coefficient (Wildman–Crippen LogP) is 2.03. The second-order valence-corrected chi connectivity index (χ2v) is 6.82. The lowest BCUT2D eigenvalue weighted by atomic mass is 9.87. The van der Waals surface area contributed by atoms with Gasteiger partial charge in [0.25, 0.3) is 0 Å². The Morgan fingerprint density at radius 3 is 2.70 bits per heavy atom. The fourth-order valence-corrected chi connectivity index (χ4v) is 3.54. The van der Waals surface area contributed by atoms with E-state index in [4.69, 9.17) is 5.73 Å². The zero-order valence-electron chi connectivity index (χ0n) is 13.5. The molecular weight excluding hydrogens is 292 g/mol. The number of rotatable bonds is 3. The van der Waals surface area contributed by atoms with E-state index in [2.05, 4.69) is 17.2 Å². The molecule has 1 saturated heterocycles. The highest BCUT2D eigenvalue weighted by molar-refractivity contribution is 5.97. The Morgan fingerprint density at radius 1 is 1.30 bits per heavy atom. The highest BCUT2D eigenvalue weighted by atomic mass is 16.2. The Labute approximate surface area is 136 Å².